The third-order valence-electron chi connectivity index (χ3n) is 3.10. The molecule has 0 saturated heterocycles. The fourth-order valence-electron chi connectivity index (χ4n) is 2.30. The third kappa shape index (κ3) is 7.56. The first-order valence-electron chi connectivity index (χ1n) is 6.95. The number of hydrogen-bond donors (Lipinski definition) is 1. The summed E-state index contributed by atoms with van der Waals surface area (Å²) in [6.45, 7) is 8.65. The van der Waals surface area contributed by atoms with Crippen LogP contribution in [-0.2, 0) is 6.54 Å². The molecule has 0 aliphatic carbocycles. The normalized spacial score (nSPS) is 13.8. The standard InChI is InChI=1S/C16H27ClN2/c1-16(2,3)11-15(18)8-9-19(4)12-13-6-5-7-14(17)10-13/h5-7,10,15H,8-9,11-12,18H2,1-4H3. The minimum Gasteiger partial charge on any atom is -0.328 e. The van der Waals surface area contributed by atoms with E-state index in [1.165, 1.54) is 5.56 Å². The fourth-order valence-corrected chi connectivity index (χ4v) is 2.51. The molecule has 19 heavy (non-hydrogen) atoms. The quantitative estimate of drug-likeness (QED) is 0.857. The van der Waals surface area contributed by atoms with Crippen molar-refractivity contribution in [3.05, 3.63) is 34.9 Å². The Hall–Kier alpha value is -0.570. The van der Waals surface area contributed by atoms with Gasteiger partial charge in [0.25, 0.3) is 0 Å². The highest BCUT2D eigenvalue weighted by Gasteiger charge is 2.15. The molecular formula is C16H27ClN2. The molecule has 0 aliphatic heterocycles. The SMILES string of the molecule is CN(CCC(N)CC(C)(C)C)Cc1cccc(Cl)c1. The van der Waals surface area contributed by atoms with Crippen LogP contribution in [0, 0.1) is 5.41 Å². The highest BCUT2D eigenvalue weighted by Crippen LogP contribution is 2.21. The van der Waals surface area contributed by atoms with Gasteiger partial charge in [-0.05, 0) is 49.5 Å². The Balaban J connectivity index is 2.34. The first-order chi connectivity index (χ1) is 8.76. The van der Waals surface area contributed by atoms with Crippen LogP contribution in [0.3, 0.4) is 0 Å². The monoisotopic (exact) mass is 282 g/mol. The molecule has 2 nitrogen and oxygen atoms in total. The second kappa shape index (κ2) is 7.28. The number of hydrogen-bond acceptors (Lipinski definition) is 2. The molecule has 0 fully saturated rings. The summed E-state index contributed by atoms with van der Waals surface area (Å²) in [6, 6.07) is 8.31. The number of nitrogens with two attached hydrogens (primary N) is 1. The van der Waals surface area contributed by atoms with Gasteiger partial charge in [-0.3, -0.25) is 0 Å². The van der Waals surface area contributed by atoms with Crippen LogP contribution in [0.25, 0.3) is 0 Å². The Kier molecular flexibility index (Phi) is 6.31. The summed E-state index contributed by atoms with van der Waals surface area (Å²) in [4.78, 5) is 2.30. The molecule has 3 heteroatoms. The van der Waals surface area contributed by atoms with Crippen molar-refractivity contribution in [3.63, 3.8) is 0 Å². The molecule has 0 aliphatic rings. The van der Waals surface area contributed by atoms with E-state index >= 15 is 0 Å². The molecule has 1 rings (SSSR count). The van der Waals surface area contributed by atoms with E-state index in [-0.39, 0.29) is 6.04 Å². The number of benzene rings is 1. The zero-order valence-corrected chi connectivity index (χ0v) is 13.4. The predicted molar refractivity (Wildman–Crippen MR) is 84.5 cm³/mol. The summed E-state index contributed by atoms with van der Waals surface area (Å²) in [6.07, 6.45) is 2.10. The topological polar surface area (TPSA) is 29.3 Å². The van der Waals surface area contributed by atoms with Gasteiger partial charge in [0, 0.05) is 17.6 Å². The summed E-state index contributed by atoms with van der Waals surface area (Å²) in [5, 5.41) is 0.801. The lowest BCUT2D eigenvalue weighted by Crippen LogP contribution is -2.31. The molecule has 1 atom stereocenters. The highest BCUT2D eigenvalue weighted by atomic mass is 35.5. The van der Waals surface area contributed by atoms with Crippen LogP contribution in [0.15, 0.2) is 24.3 Å². The van der Waals surface area contributed by atoms with Crippen molar-refractivity contribution in [1.82, 2.24) is 4.90 Å². The van der Waals surface area contributed by atoms with E-state index in [2.05, 4.69) is 38.8 Å². The molecule has 0 amide bonds. The van der Waals surface area contributed by atoms with Crippen LogP contribution in [0.1, 0.15) is 39.2 Å². The molecule has 0 spiro atoms. The average Bonchev–Trinajstić information content (AvgIpc) is 2.24. The Morgan fingerprint density at radius 3 is 2.58 bits per heavy atom. The first-order valence-corrected chi connectivity index (χ1v) is 7.32. The van der Waals surface area contributed by atoms with Gasteiger partial charge < -0.3 is 10.6 Å². The fraction of sp³-hybridized carbons (Fsp3) is 0.625. The summed E-state index contributed by atoms with van der Waals surface area (Å²) >= 11 is 5.99. The average molecular weight is 283 g/mol. The van der Waals surface area contributed by atoms with Crippen molar-refractivity contribution >= 4 is 11.6 Å². The summed E-state index contributed by atoms with van der Waals surface area (Å²) in [7, 11) is 2.13. The van der Waals surface area contributed by atoms with Crippen molar-refractivity contribution < 1.29 is 0 Å². The zero-order valence-electron chi connectivity index (χ0n) is 12.6. The van der Waals surface area contributed by atoms with Crippen molar-refractivity contribution in [2.45, 2.75) is 46.2 Å². The van der Waals surface area contributed by atoms with Crippen molar-refractivity contribution in [2.75, 3.05) is 13.6 Å². The Labute approximate surface area is 122 Å². The minimum absolute atomic E-state index is 0.279. The van der Waals surface area contributed by atoms with Gasteiger partial charge in [0.2, 0.25) is 0 Å². The highest BCUT2D eigenvalue weighted by molar-refractivity contribution is 6.30. The third-order valence-corrected chi connectivity index (χ3v) is 3.33. The van der Waals surface area contributed by atoms with E-state index in [1.807, 2.05) is 18.2 Å². The lowest BCUT2D eigenvalue weighted by Gasteiger charge is -2.25. The van der Waals surface area contributed by atoms with E-state index in [1.54, 1.807) is 0 Å². The molecule has 0 aromatic heterocycles. The van der Waals surface area contributed by atoms with E-state index in [9.17, 15) is 0 Å². The molecule has 0 heterocycles. The van der Waals surface area contributed by atoms with Gasteiger partial charge in [0.05, 0.1) is 0 Å². The van der Waals surface area contributed by atoms with Gasteiger partial charge in [-0.15, -0.1) is 0 Å². The van der Waals surface area contributed by atoms with Gasteiger partial charge in [0.15, 0.2) is 0 Å². The molecule has 0 radical (unpaired) electrons. The summed E-state index contributed by atoms with van der Waals surface area (Å²) in [5.74, 6) is 0. The summed E-state index contributed by atoms with van der Waals surface area (Å²) < 4.78 is 0. The maximum Gasteiger partial charge on any atom is 0.0409 e. The van der Waals surface area contributed by atoms with Crippen LogP contribution in [-0.4, -0.2) is 24.5 Å². The van der Waals surface area contributed by atoms with Crippen LogP contribution in [0.4, 0.5) is 0 Å². The van der Waals surface area contributed by atoms with E-state index in [4.69, 9.17) is 17.3 Å². The molecule has 1 aromatic rings. The lowest BCUT2D eigenvalue weighted by molar-refractivity contribution is 0.278. The molecular weight excluding hydrogens is 256 g/mol. The largest absolute Gasteiger partial charge is 0.328 e. The van der Waals surface area contributed by atoms with Gasteiger partial charge >= 0.3 is 0 Å². The van der Waals surface area contributed by atoms with Gasteiger partial charge in [-0.25, -0.2) is 0 Å². The maximum atomic E-state index is 6.18. The van der Waals surface area contributed by atoms with Crippen molar-refractivity contribution in [2.24, 2.45) is 11.1 Å². The molecule has 1 unspecified atom stereocenters. The lowest BCUT2D eigenvalue weighted by atomic mass is 9.87. The Bertz CT molecular complexity index is 385. The second-order valence-electron chi connectivity index (χ2n) is 6.68. The number of nitrogens with zero attached hydrogens (tertiary/aromatic N) is 1. The molecule has 0 bridgehead atoms. The van der Waals surface area contributed by atoms with Gasteiger partial charge in [-0.2, -0.15) is 0 Å². The van der Waals surface area contributed by atoms with E-state index < -0.39 is 0 Å². The van der Waals surface area contributed by atoms with Crippen molar-refractivity contribution in [3.8, 4) is 0 Å². The smallest absolute Gasteiger partial charge is 0.0409 e. The molecule has 108 valence electrons. The Morgan fingerprint density at radius 2 is 2.00 bits per heavy atom. The molecule has 0 saturated carbocycles. The maximum absolute atomic E-state index is 6.18. The van der Waals surface area contributed by atoms with Crippen LogP contribution >= 0.6 is 11.6 Å². The molecule has 2 N–H and O–H groups in total. The van der Waals surface area contributed by atoms with Crippen molar-refractivity contribution in [1.29, 1.82) is 0 Å². The zero-order chi connectivity index (χ0) is 14.5. The van der Waals surface area contributed by atoms with Crippen LogP contribution < -0.4 is 5.73 Å². The summed E-state index contributed by atoms with van der Waals surface area (Å²) in [5.41, 5.74) is 7.74. The number of halogens is 1. The predicted octanol–water partition coefficient (Wildman–Crippen LogP) is 3.93. The van der Waals surface area contributed by atoms with Gasteiger partial charge in [0.1, 0.15) is 0 Å². The van der Waals surface area contributed by atoms with E-state index in [0.29, 0.717) is 5.41 Å². The Morgan fingerprint density at radius 1 is 1.32 bits per heavy atom. The first kappa shape index (κ1) is 16.5. The van der Waals surface area contributed by atoms with Gasteiger partial charge in [-0.1, -0.05) is 44.5 Å². The minimum atomic E-state index is 0.279. The number of rotatable bonds is 6. The van der Waals surface area contributed by atoms with E-state index in [0.717, 1.165) is 31.0 Å². The van der Waals surface area contributed by atoms with Crippen LogP contribution in [0.5, 0.6) is 0 Å². The second-order valence-corrected chi connectivity index (χ2v) is 7.12. The van der Waals surface area contributed by atoms with Crippen LogP contribution in [0.2, 0.25) is 5.02 Å². The molecule has 1 aromatic carbocycles.